The first-order valence-corrected chi connectivity index (χ1v) is 6.22. The van der Waals surface area contributed by atoms with Crippen LogP contribution >= 0.6 is 22.9 Å². The maximum atomic E-state index is 11.5. The molecular weight excluding hydrogens is 234 g/mol. The molecule has 4 nitrogen and oxygen atoms in total. The van der Waals surface area contributed by atoms with E-state index in [0.717, 1.165) is 17.8 Å². The fourth-order valence-electron chi connectivity index (χ4n) is 1.52. The molecule has 1 saturated heterocycles. The number of carbonyl (C=O) groups is 1. The second-order valence-electron chi connectivity index (χ2n) is 3.53. The lowest BCUT2D eigenvalue weighted by atomic mass is 10.4. The number of aryl methyl sites for hydroxylation is 1. The lowest BCUT2D eigenvalue weighted by Gasteiger charge is -2.09. The normalized spacial score (nSPS) is 21.3. The maximum Gasteiger partial charge on any atom is 0.230 e. The van der Waals surface area contributed by atoms with E-state index in [4.69, 9.17) is 11.6 Å². The predicted molar refractivity (Wildman–Crippen MR) is 60.5 cm³/mol. The molecule has 1 amide bonds. The number of alkyl halides is 1. The third kappa shape index (κ3) is 2.29. The van der Waals surface area contributed by atoms with Crippen LogP contribution < -0.4 is 4.90 Å². The number of carbonyl (C=O) groups excluding carboxylic acids is 1. The maximum absolute atomic E-state index is 11.5. The predicted octanol–water partition coefficient (Wildman–Crippen LogP) is 1.83. The van der Waals surface area contributed by atoms with Gasteiger partial charge in [0.05, 0.1) is 5.38 Å². The number of hydrogen-bond acceptors (Lipinski definition) is 4. The van der Waals surface area contributed by atoms with E-state index in [0.29, 0.717) is 18.1 Å². The monoisotopic (exact) mass is 245 g/mol. The zero-order valence-electron chi connectivity index (χ0n) is 8.44. The number of nitrogens with zero attached hydrogens (tertiary/aromatic N) is 3. The van der Waals surface area contributed by atoms with Crippen LogP contribution in [0.15, 0.2) is 0 Å². The minimum absolute atomic E-state index is 0.0502. The molecule has 0 bridgehead atoms. The van der Waals surface area contributed by atoms with Crippen LogP contribution in [0.1, 0.15) is 24.8 Å². The number of hydrogen-bond donors (Lipinski definition) is 0. The van der Waals surface area contributed by atoms with E-state index < -0.39 is 0 Å². The van der Waals surface area contributed by atoms with Crippen LogP contribution in [0, 0.1) is 0 Å². The molecule has 0 aliphatic carbocycles. The van der Waals surface area contributed by atoms with E-state index in [9.17, 15) is 4.79 Å². The highest BCUT2D eigenvalue weighted by Crippen LogP contribution is 2.27. The van der Waals surface area contributed by atoms with E-state index in [2.05, 4.69) is 17.1 Å². The Morgan fingerprint density at radius 1 is 1.60 bits per heavy atom. The van der Waals surface area contributed by atoms with Gasteiger partial charge in [-0.05, 0) is 6.42 Å². The molecule has 82 valence electrons. The van der Waals surface area contributed by atoms with Crippen LogP contribution in [0.25, 0.3) is 0 Å². The van der Waals surface area contributed by atoms with Crippen molar-refractivity contribution < 1.29 is 4.79 Å². The van der Waals surface area contributed by atoms with Crippen molar-refractivity contribution >= 4 is 34.0 Å². The van der Waals surface area contributed by atoms with Crippen molar-refractivity contribution in [1.29, 1.82) is 0 Å². The second-order valence-corrected chi connectivity index (χ2v) is 5.19. The summed E-state index contributed by atoms with van der Waals surface area (Å²) in [6.45, 7) is 2.65. The molecule has 0 radical (unpaired) electrons. The Hall–Kier alpha value is -0.680. The molecule has 0 saturated carbocycles. The van der Waals surface area contributed by atoms with Crippen molar-refractivity contribution in [2.24, 2.45) is 0 Å². The number of amides is 1. The summed E-state index contributed by atoms with van der Waals surface area (Å²) in [4.78, 5) is 13.2. The Morgan fingerprint density at radius 3 is 3.00 bits per heavy atom. The highest BCUT2D eigenvalue weighted by Gasteiger charge is 2.31. The van der Waals surface area contributed by atoms with Crippen LogP contribution in [0.2, 0.25) is 0 Å². The summed E-state index contributed by atoms with van der Waals surface area (Å²) in [5.41, 5.74) is 0. The first-order chi connectivity index (χ1) is 7.20. The molecule has 1 aliphatic rings. The standard InChI is InChI=1S/C9H12ClN3OS/c1-2-3-7-11-12-9(15-7)13-5-6(10)4-8(13)14/h6H,2-5H2,1H3. The van der Waals surface area contributed by atoms with Gasteiger partial charge in [0.1, 0.15) is 5.01 Å². The summed E-state index contributed by atoms with van der Waals surface area (Å²) >= 11 is 7.40. The Morgan fingerprint density at radius 2 is 2.40 bits per heavy atom. The van der Waals surface area contributed by atoms with Gasteiger partial charge in [0.2, 0.25) is 11.0 Å². The molecule has 0 spiro atoms. The van der Waals surface area contributed by atoms with Crippen molar-refractivity contribution in [2.75, 3.05) is 11.4 Å². The van der Waals surface area contributed by atoms with E-state index >= 15 is 0 Å². The lowest BCUT2D eigenvalue weighted by Crippen LogP contribution is -2.24. The lowest BCUT2D eigenvalue weighted by molar-refractivity contribution is -0.117. The molecule has 6 heteroatoms. The van der Waals surface area contributed by atoms with Gasteiger partial charge in [0.25, 0.3) is 0 Å². The topological polar surface area (TPSA) is 46.1 Å². The molecule has 0 aromatic carbocycles. The zero-order chi connectivity index (χ0) is 10.8. The van der Waals surface area contributed by atoms with E-state index in [1.807, 2.05) is 0 Å². The largest absolute Gasteiger partial charge is 0.285 e. The summed E-state index contributed by atoms with van der Waals surface area (Å²) < 4.78 is 0. The molecule has 1 unspecified atom stereocenters. The fourth-order valence-corrected chi connectivity index (χ4v) is 2.75. The minimum atomic E-state index is -0.0870. The zero-order valence-corrected chi connectivity index (χ0v) is 10.0. The molecule has 1 aromatic heterocycles. The number of halogens is 1. The highest BCUT2D eigenvalue weighted by molar-refractivity contribution is 7.15. The molecule has 15 heavy (non-hydrogen) atoms. The Labute approximate surface area is 97.3 Å². The Balaban J connectivity index is 2.12. The van der Waals surface area contributed by atoms with Gasteiger partial charge in [0, 0.05) is 19.4 Å². The van der Waals surface area contributed by atoms with Crippen molar-refractivity contribution in [3.63, 3.8) is 0 Å². The van der Waals surface area contributed by atoms with Crippen LogP contribution in [-0.4, -0.2) is 28.0 Å². The fraction of sp³-hybridized carbons (Fsp3) is 0.667. The smallest absolute Gasteiger partial charge is 0.230 e. The van der Waals surface area contributed by atoms with Gasteiger partial charge >= 0.3 is 0 Å². The summed E-state index contributed by atoms with van der Waals surface area (Å²) in [5, 5.41) is 9.64. The molecular formula is C9H12ClN3OS. The van der Waals surface area contributed by atoms with E-state index in [1.54, 1.807) is 4.90 Å². The van der Waals surface area contributed by atoms with Gasteiger partial charge in [0.15, 0.2) is 0 Å². The van der Waals surface area contributed by atoms with Crippen molar-refractivity contribution in [2.45, 2.75) is 31.6 Å². The van der Waals surface area contributed by atoms with Gasteiger partial charge in [-0.15, -0.1) is 21.8 Å². The molecule has 0 N–H and O–H groups in total. The van der Waals surface area contributed by atoms with Crippen LogP contribution in [0.4, 0.5) is 5.13 Å². The van der Waals surface area contributed by atoms with Crippen molar-refractivity contribution in [1.82, 2.24) is 10.2 Å². The number of anilines is 1. The molecule has 2 rings (SSSR count). The number of aromatic nitrogens is 2. The quantitative estimate of drug-likeness (QED) is 0.764. The van der Waals surface area contributed by atoms with Crippen molar-refractivity contribution in [3.05, 3.63) is 5.01 Å². The van der Waals surface area contributed by atoms with Gasteiger partial charge in [-0.2, -0.15) is 0 Å². The van der Waals surface area contributed by atoms with Crippen LogP contribution in [-0.2, 0) is 11.2 Å². The second kappa shape index (κ2) is 4.45. The van der Waals surface area contributed by atoms with E-state index in [1.165, 1.54) is 11.3 Å². The summed E-state index contributed by atoms with van der Waals surface area (Å²) in [6.07, 6.45) is 2.37. The number of rotatable bonds is 3. The van der Waals surface area contributed by atoms with Crippen molar-refractivity contribution in [3.8, 4) is 0 Å². The molecule has 2 heterocycles. The minimum Gasteiger partial charge on any atom is -0.285 e. The van der Waals surface area contributed by atoms with Gasteiger partial charge in [-0.3, -0.25) is 9.69 Å². The molecule has 1 aliphatic heterocycles. The Kier molecular flexibility index (Phi) is 3.21. The van der Waals surface area contributed by atoms with E-state index in [-0.39, 0.29) is 11.3 Å². The highest BCUT2D eigenvalue weighted by atomic mass is 35.5. The van der Waals surface area contributed by atoms with Gasteiger partial charge in [-0.1, -0.05) is 18.3 Å². The first kappa shape index (κ1) is 10.8. The third-order valence-electron chi connectivity index (χ3n) is 2.23. The van der Waals surface area contributed by atoms with Crippen LogP contribution in [0.5, 0.6) is 0 Å². The average molecular weight is 246 g/mol. The average Bonchev–Trinajstić information content (AvgIpc) is 2.73. The van der Waals surface area contributed by atoms with Gasteiger partial charge in [-0.25, -0.2) is 0 Å². The molecule has 1 fully saturated rings. The Bertz CT molecular complexity index is 368. The summed E-state index contributed by atoms with van der Waals surface area (Å²) in [5.74, 6) is 0.0502. The summed E-state index contributed by atoms with van der Waals surface area (Å²) in [6, 6.07) is 0. The SMILES string of the molecule is CCCc1nnc(N2CC(Cl)CC2=O)s1. The third-order valence-corrected chi connectivity index (χ3v) is 3.53. The van der Waals surface area contributed by atoms with Gasteiger partial charge < -0.3 is 0 Å². The molecule has 1 atom stereocenters. The summed E-state index contributed by atoms with van der Waals surface area (Å²) in [7, 11) is 0. The van der Waals surface area contributed by atoms with Crippen LogP contribution in [0.3, 0.4) is 0 Å². The molecule has 1 aromatic rings. The first-order valence-electron chi connectivity index (χ1n) is 4.97.